The first kappa shape index (κ1) is 23.4. The van der Waals surface area contributed by atoms with E-state index in [0.29, 0.717) is 11.1 Å². The molecule has 1 aromatic carbocycles. The largest absolute Gasteiger partial charge is 0.493 e. The quantitative estimate of drug-likeness (QED) is 0.294. The fraction of sp³-hybridized carbons (Fsp3) is 0.273. The van der Waals surface area contributed by atoms with Gasteiger partial charge < -0.3 is 23.9 Å². The molecular formula is C22H23NO8. The normalized spacial score (nSPS) is 10.6. The average Bonchev–Trinajstić information content (AvgIpc) is 3.07. The number of ether oxygens (including phenoxy) is 4. The number of benzene rings is 1. The van der Waals surface area contributed by atoms with Crippen LogP contribution in [-0.4, -0.2) is 50.0 Å². The van der Waals surface area contributed by atoms with Crippen LogP contribution in [0.5, 0.6) is 11.5 Å². The number of hydrogen-bond acceptors (Lipinski definition) is 8. The Morgan fingerprint density at radius 2 is 1.74 bits per heavy atom. The van der Waals surface area contributed by atoms with Gasteiger partial charge in [0, 0.05) is 18.7 Å². The van der Waals surface area contributed by atoms with Crippen LogP contribution in [0.25, 0.3) is 6.08 Å². The third kappa shape index (κ3) is 5.59. The minimum absolute atomic E-state index is 0.125. The van der Waals surface area contributed by atoms with E-state index in [1.807, 2.05) is 0 Å². The van der Waals surface area contributed by atoms with Crippen molar-refractivity contribution < 1.29 is 38.1 Å². The van der Waals surface area contributed by atoms with E-state index in [4.69, 9.17) is 14.2 Å². The van der Waals surface area contributed by atoms with E-state index in [-0.39, 0.29) is 40.7 Å². The fourth-order valence-electron chi connectivity index (χ4n) is 2.93. The van der Waals surface area contributed by atoms with Gasteiger partial charge in [-0.3, -0.25) is 9.59 Å². The second-order valence-electron chi connectivity index (χ2n) is 6.44. The maximum Gasteiger partial charge on any atom is 0.339 e. The lowest BCUT2D eigenvalue weighted by Gasteiger charge is -2.10. The van der Waals surface area contributed by atoms with E-state index in [2.05, 4.69) is 9.72 Å². The number of aromatic amines is 1. The molecule has 0 amide bonds. The summed E-state index contributed by atoms with van der Waals surface area (Å²) >= 11 is 0. The molecule has 2 aromatic rings. The highest BCUT2D eigenvalue weighted by molar-refractivity contribution is 6.01. The van der Waals surface area contributed by atoms with Crippen molar-refractivity contribution in [1.29, 1.82) is 0 Å². The molecule has 2 rings (SSSR count). The zero-order chi connectivity index (χ0) is 23.1. The number of H-pyrrole nitrogens is 1. The van der Waals surface area contributed by atoms with Crippen LogP contribution in [0.4, 0.5) is 0 Å². The Labute approximate surface area is 178 Å². The summed E-state index contributed by atoms with van der Waals surface area (Å²) in [7, 11) is 3.89. The van der Waals surface area contributed by atoms with Crippen molar-refractivity contribution in [2.24, 2.45) is 0 Å². The van der Waals surface area contributed by atoms with E-state index in [0.717, 1.165) is 0 Å². The molecule has 0 aliphatic heterocycles. The van der Waals surface area contributed by atoms with Gasteiger partial charge in [0.1, 0.15) is 0 Å². The lowest BCUT2D eigenvalue weighted by Crippen LogP contribution is -2.15. The van der Waals surface area contributed by atoms with Crippen molar-refractivity contribution in [3.63, 3.8) is 0 Å². The topological polar surface area (TPSA) is 121 Å². The zero-order valence-electron chi connectivity index (χ0n) is 17.9. The molecule has 0 fully saturated rings. The minimum atomic E-state index is -0.683. The van der Waals surface area contributed by atoms with Crippen LogP contribution in [0.2, 0.25) is 0 Å². The first-order valence-corrected chi connectivity index (χ1v) is 9.17. The molecule has 1 aromatic heterocycles. The minimum Gasteiger partial charge on any atom is -0.493 e. The summed E-state index contributed by atoms with van der Waals surface area (Å²) < 4.78 is 19.9. The molecule has 0 spiro atoms. The van der Waals surface area contributed by atoms with Crippen molar-refractivity contribution in [2.45, 2.75) is 20.3 Å². The fourth-order valence-corrected chi connectivity index (χ4v) is 2.93. The van der Waals surface area contributed by atoms with Gasteiger partial charge in [0.15, 0.2) is 17.3 Å². The molecule has 31 heavy (non-hydrogen) atoms. The predicted octanol–water partition coefficient (Wildman–Crippen LogP) is 2.66. The monoisotopic (exact) mass is 429 g/mol. The summed E-state index contributed by atoms with van der Waals surface area (Å²) in [4.78, 5) is 50.5. The zero-order valence-corrected chi connectivity index (χ0v) is 17.9. The van der Waals surface area contributed by atoms with E-state index in [1.54, 1.807) is 19.1 Å². The Bertz CT molecular complexity index is 1050. The summed E-state index contributed by atoms with van der Waals surface area (Å²) in [5.74, 6) is -1.72. The molecule has 9 nitrogen and oxygen atoms in total. The first-order chi connectivity index (χ1) is 14.7. The van der Waals surface area contributed by atoms with Gasteiger partial charge in [-0.25, -0.2) is 9.59 Å². The molecule has 1 N–H and O–H groups in total. The van der Waals surface area contributed by atoms with Crippen LogP contribution in [-0.2, 0) is 25.5 Å². The van der Waals surface area contributed by atoms with Gasteiger partial charge in [-0.2, -0.15) is 0 Å². The van der Waals surface area contributed by atoms with E-state index in [1.165, 1.54) is 46.5 Å². The maximum atomic E-state index is 12.5. The Balaban J connectivity index is 2.26. The van der Waals surface area contributed by atoms with Crippen molar-refractivity contribution in [2.75, 3.05) is 21.3 Å². The maximum absolute atomic E-state index is 12.5. The van der Waals surface area contributed by atoms with Gasteiger partial charge in [-0.05, 0) is 36.3 Å². The van der Waals surface area contributed by atoms with Crippen molar-refractivity contribution in [3.8, 4) is 11.5 Å². The van der Waals surface area contributed by atoms with Crippen LogP contribution in [0.1, 0.15) is 44.6 Å². The number of methoxy groups -OCH3 is 3. The lowest BCUT2D eigenvalue weighted by atomic mass is 10.1. The molecule has 0 saturated carbocycles. The molecule has 9 heteroatoms. The highest BCUT2D eigenvalue weighted by Crippen LogP contribution is 2.29. The number of nitrogens with one attached hydrogen (secondary N) is 1. The Hall–Kier alpha value is -3.88. The van der Waals surface area contributed by atoms with Gasteiger partial charge in [-0.1, -0.05) is 6.07 Å². The van der Waals surface area contributed by atoms with Crippen LogP contribution < -0.4 is 9.47 Å². The van der Waals surface area contributed by atoms with E-state index >= 15 is 0 Å². The molecule has 164 valence electrons. The Morgan fingerprint density at radius 3 is 2.32 bits per heavy atom. The third-order valence-electron chi connectivity index (χ3n) is 4.41. The van der Waals surface area contributed by atoms with Crippen molar-refractivity contribution in [3.05, 3.63) is 52.4 Å². The Morgan fingerprint density at radius 1 is 1.03 bits per heavy atom. The van der Waals surface area contributed by atoms with Gasteiger partial charge in [0.25, 0.3) is 0 Å². The van der Waals surface area contributed by atoms with E-state index < -0.39 is 17.9 Å². The third-order valence-corrected chi connectivity index (χ3v) is 4.41. The molecule has 0 atom stereocenters. The van der Waals surface area contributed by atoms with E-state index in [9.17, 15) is 19.2 Å². The molecule has 0 unspecified atom stereocenters. The molecular weight excluding hydrogens is 406 g/mol. The summed E-state index contributed by atoms with van der Waals surface area (Å²) in [6.07, 6.45) is 2.47. The second kappa shape index (κ2) is 10.2. The van der Waals surface area contributed by atoms with Gasteiger partial charge >= 0.3 is 17.9 Å². The summed E-state index contributed by atoms with van der Waals surface area (Å²) in [6.45, 7) is 2.95. The highest BCUT2D eigenvalue weighted by Gasteiger charge is 2.25. The number of esters is 3. The second-order valence-corrected chi connectivity index (χ2v) is 6.44. The average molecular weight is 429 g/mol. The molecule has 0 radical (unpaired) electrons. The predicted molar refractivity (Wildman–Crippen MR) is 110 cm³/mol. The van der Waals surface area contributed by atoms with Crippen molar-refractivity contribution in [1.82, 2.24) is 4.98 Å². The molecule has 0 aliphatic carbocycles. The van der Waals surface area contributed by atoms with Crippen LogP contribution >= 0.6 is 0 Å². The SMILES string of the molecule is COC(=O)C=Cc1ccc(OC(=O)Cc2[nH]c(C(C)=O)c(C)c2C(=O)OC)c(OC)c1. The van der Waals surface area contributed by atoms with Crippen LogP contribution in [0, 0.1) is 6.92 Å². The highest BCUT2D eigenvalue weighted by atomic mass is 16.6. The summed E-state index contributed by atoms with van der Waals surface area (Å²) in [5.41, 5.74) is 1.60. The number of ketones is 1. The summed E-state index contributed by atoms with van der Waals surface area (Å²) in [5, 5.41) is 0. The lowest BCUT2D eigenvalue weighted by molar-refractivity contribution is -0.135. The first-order valence-electron chi connectivity index (χ1n) is 9.17. The molecule has 0 bridgehead atoms. The molecule has 0 saturated heterocycles. The van der Waals surface area contributed by atoms with Gasteiger partial charge in [0.05, 0.1) is 39.0 Å². The van der Waals surface area contributed by atoms with Crippen molar-refractivity contribution >= 4 is 29.8 Å². The number of Topliss-reactive ketones (excluding diaryl/α,β-unsaturated/α-hetero) is 1. The number of aromatic nitrogens is 1. The standard InChI is InChI=1S/C22H23NO8/c1-12-20(22(27)30-5)15(23-21(12)13(2)24)11-19(26)31-16-8-6-14(10-17(16)28-3)7-9-18(25)29-4/h6-10,23H,11H2,1-5H3. The Kier molecular flexibility index (Phi) is 7.73. The number of hydrogen-bond donors (Lipinski definition) is 1. The smallest absolute Gasteiger partial charge is 0.339 e. The molecule has 0 aliphatic rings. The number of carbonyl (C=O) groups excluding carboxylic acids is 4. The number of carbonyl (C=O) groups is 4. The van der Waals surface area contributed by atoms with Gasteiger partial charge in [0.2, 0.25) is 0 Å². The van der Waals surface area contributed by atoms with Crippen LogP contribution in [0.3, 0.4) is 0 Å². The number of rotatable bonds is 8. The van der Waals surface area contributed by atoms with Crippen LogP contribution in [0.15, 0.2) is 24.3 Å². The van der Waals surface area contributed by atoms with Gasteiger partial charge in [-0.15, -0.1) is 0 Å². The summed E-state index contributed by atoms with van der Waals surface area (Å²) in [6, 6.07) is 4.71. The molecule has 1 heterocycles.